The van der Waals surface area contributed by atoms with Gasteiger partial charge in [-0.25, -0.2) is 0 Å². The average Bonchev–Trinajstić information content (AvgIpc) is 2.12. The highest BCUT2D eigenvalue weighted by atomic mass is 16.5. The average molecular weight is 250 g/mol. The van der Waals surface area contributed by atoms with Gasteiger partial charge in [-0.05, 0) is 43.7 Å². The van der Waals surface area contributed by atoms with Crippen LogP contribution in [0.5, 0.6) is 5.75 Å². The first-order valence-electron chi connectivity index (χ1n) is 6.58. The first-order valence-corrected chi connectivity index (χ1v) is 6.58. The van der Waals surface area contributed by atoms with E-state index in [2.05, 4.69) is 39.8 Å². The molecule has 1 unspecified atom stereocenters. The fourth-order valence-electron chi connectivity index (χ4n) is 2.34. The van der Waals surface area contributed by atoms with Gasteiger partial charge in [0.1, 0.15) is 12.4 Å². The highest BCUT2D eigenvalue weighted by molar-refractivity contribution is 5.42. The second kappa shape index (κ2) is 5.75. The Labute approximate surface area is 111 Å². The van der Waals surface area contributed by atoms with Gasteiger partial charge in [0.25, 0.3) is 0 Å². The van der Waals surface area contributed by atoms with Gasteiger partial charge in [0.15, 0.2) is 0 Å². The predicted molar refractivity (Wildman–Crippen MR) is 76.2 cm³/mol. The molecule has 1 aromatic rings. The first kappa shape index (κ1) is 15.0. The van der Waals surface area contributed by atoms with Crippen molar-refractivity contribution in [3.8, 4) is 5.75 Å². The molecule has 1 aromatic carbocycles. The summed E-state index contributed by atoms with van der Waals surface area (Å²) in [5.74, 6) is 0.911. The zero-order chi connectivity index (χ0) is 13.9. The molecule has 0 saturated heterocycles. The maximum atomic E-state index is 9.96. The van der Waals surface area contributed by atoms with Crippen molar-refractivity contribution in [2.75, 3.05) is 6.61 Å². The number of rotatable bonds is 4. The zero-order valence-corrected chi connectivity index (χ0v) is 12.5. The van der Waals surface area contributed by atoms with Crippen LogP contribution in [-0.2, 0) is 0 Å². The molecule has 2 heteroatoms. The molecule has 0 radical (unpaired) electrons. The number of aryl methyl sites for hydroxylation is 3. The first-order chi connectivity index (χ1) is 8.19. The maximum Gasteiger partial charge on any atom is 0.125 e. The Morgan fingerprint density at radius 2 is 1.61 bits per heavy atom. The van der Waals surface area contributed by atoms with Crippen LogP contribution in [-0.4, -0.2) is 17.8 Å². The summed E-state index contributed by atoms with van der Waals surface area (Å²) in [5, 5.41) is 9.96. The molecular weight excluding hydrogens is 224 g/mol. The fourth-order valence-corrected chi connectivity index (χ4v) is 2.34. The van der Waals surface area contributed by atoms with Crippen molar-refractivity contribution >= 4 is 0 Å². The molecule has 0 amide bonds. The molecule has 102 valence electrons. The monoisotopic (exact) mass is 250 g/mol. The molecule has 0 fully saturated rings. The van der Waals surface area contributed by atoms with Gasteiger partial charge in [-0.1, -0.05) is 38.5 Å². The number of aliphatic hydroxyl groups is 1. The van der Waals surface area contributed by atoms with Gasteiger partial charge in [0.2, 0.25) is 0 Å². The van der Waals surface area contributed by atoms with Gasteiger partial charge in [-0.15, -0.1) is 0 Å². The van der Waals surface area contributed by atoms with Crippen LogP contribution in [0.15, 0.2) is 12.1 Å². The van der Waals surface area contributed by atoms with Crippen LogP contribution in [0, 0.1) is 26.2 Å². The third-order valence-electron chi connectivity index (χ3n) is 2.87. The molecule has 2 nitrogen and oxygen atoms in total. The highest BCUT2D eigenvalue weighted by Crippen LogP contribution is 2.26. The van der Waals surface area contributed by atoms with Gasteiger partial charge in [-0.2, -0.15) is 0 Å². The third kappa shape index (κ3) is 4.69. The van der Waals surface area contributed by atoms with Crippen molar-refractivity contribution in [1.82, 2.24) is 0 Å². The minimum Gasteiger partial charge on any atom is -0.490 e. The van der Waals surface area contributed by atoms with Crippen molar-refractivity contribution in [3.05, 3.63) is 28.8 Å². The Morgan fingerprint density at radius 1 is 1.11 bits per heavy atom. The van der Waals surface area contributed by atoms with Gasteiger partial charge in [0, 0.05) is 0 Å². The van der Waals surface area contributed by atoms with Gasteiger partial charge >= 0.3 is 0 Å². The van der Waals surface area contributed by atoms with E-state index in [9.17, 15) is 5.11 Å². The second-order valence-corrected chi connectivity index (χ2v) is 6.46. The third-order valence-corrected chi connectivity index (χ3v) is 2.87. The molecule has 0 bridgehead atoms. The second-order valence-electron chi connectivity index (χ2n) is 6.46. The van der Waals surface area contributed by atoms with Crippen LogP contribution in [0.1, 0.15) is 43.9 Å². The van der Waals surface area contributed by atoms with E-state index in [0.29, 0.717) is 6.61 Å². The summed E-state index contributed by atoms with van der Waals surface area (Å²) in [6, 6.07) is 4.22. The molecular formula is C16H26O2. The van der Waals surface area contributed by atoms with E-state index in [1.807, 2.05) is 13.8 Å². The van der Waals surface area contributed by atoms with Crippen LogP contribution < -0.4 is 4.74 Å². The van der Waals surface area contributed by atoms with Crippen LogP contribution in [0.3, 0.4) is 0 Å². The summed E-state index contributed by atoms with van der Waals surface area (Å²) in [6.45, 7) is 12.9. The summed E-state index contributed by atoms with van der Waals surface area (Å²) in [5.41, 5.74) is 3.64. The Bertz CT molecular complexity index is 379. The Morgan fingerprint density at radius 3 is 2.06 bits per heavy atom. The van der Waals surface area contributed by atoms with Gasteiger partial charge < -0.3 is 9.84 Å². The Balaban J connectivity index is 2.64. The highest BCUT2D eigenvalue weighted by Gasteiger charge is 2.17. The lowest BCUT2D eigenvalue weighted by Crippen LogP contribution is -2.24. The molecule has 0 aliphatic rings. The standard InChI is InChI=1S/C16H26O2/c1-11-7-12(2)15(13(3)8-11)18-10-14(17)9-16(4,5)6/h7-8,14,17H,9-10H2,1-6H3. The molecule has 18 heavy (non-hydrogen) atoms. The molecule has 0 aliphatic carbocycles. The topological polar surface area (TPSA) is 29.5 Å². The Kier molecular flexibility index (Phi) is 4.80. The quantitative estimate of drug-likeness (QED) is 0.881. The van der Waals surface area contributed by atoms with Crippen LogP contribution in [0.2, 0.25) is 0 Å². The molecule has 0 aromatic heterocycles. The smallest absolute Gasteiger partial charge is 0.125 e. The lowest BCUT2D eigenvalue weighted by molar-refractivity contribution is 0.0705. The molecule has 0 heterocycles. The van der Waals surface area contributed by atoms with Crippen molar-refractivity contribution in [3.63, 3.8) is 0 Å². The van der Waals surface area contributed by atoms with Gasteiger partial charge in [0.05, 0.1) is 6.10 Å². The molecule has 1 rings (SSSR count). The Hall–Kier alpha value is -1.02. The summed E-state index contributed by atoms with van der Waals surface area (Å²) >= 11 is 0. The fraction of sp³-hybridized carbons (Fsp3) is 0.625. The van der Waals surface area contributed by atoms with Crippen molar-refractivity contribution in [2.24, 2.45) is 5.41 Å². The van der Waals surface area contributed by atoms with Crippen LogP contribution in [0.25, 0.3) is 0 Å². The van der Waals surface area contributed by atoms with Crippen molar-refractivity contribution < 1.29 is 9.84 Å². The van der Waals surface area contributed by atoms with E-state index in [1.54, 1.807) is 0 Å². The predicted octanol–water partition coefficient (Wildman–Crippen LogP) is 3.79. The van der Waals surface area contributed by atoms with Crippen LogP contribution in [0.4, 0.5) is 0 Å². The molecule has 1 N–H and O–H groups in total. The summed E-state index contributed by atoms with van der Waals surface area (Å²) in [7, 11) is 0. The largest absolute Gasteiger partial charge is 0.490 e. The minimum atomic E-state index is -0.412. The molecule has 0 spiro atoms. The van der Waals surface area contributed by atoms with E-state index in [0.717, 1.165) is 23.3 Å². The number of benzene rings is 1. The SMILES string of the molecule is Cc1cc(C)c(OCC(O)CC(C)(C)C)c(C)c1. The van der Waals surface area contributed by atoms with E-state index >= 15 is 0 Å². The van der Waals surface area contributed by atoms with Crippen LogP contribution >= 0.6 is 0 Å². The lowest BCUT2D eigenvalue weighted by atomic mass is 9.89. The van der Waals surface area contributed by atoms with E-state index in [4.69, 9.17) is 4.74 Å². The summed E-state index contributed by atoms with van der Waals surface area (Å²) in [4.78, 5) is 0. The molecule has 1 atom stereocenters. The number of hydrogen-bond acceptors (Lipinski definition) is 2. The number of hydrogen-bond donors (Lipinski definition) is 1. The van der Waals surface area contributed by atoms with Gasteiger partial charge in [-0.3, -0.25) is 0 Å². The number of ether oxygens (including phenoxy) is 1. The zero-order valence-electron chi connectivity index (χ0n) is 12.5. The minimum absolute atomic E-state index is 0.125. The normalized spacial score (nSPS) is 13.5. The summed E-state index contributed by atoms with van der Waals surface area (Å²) in [6.07, 6.45) is 0.335. The van der Waals surface area contributed by atoms with E-state index in [1.165, 1.54) is 5.56 Å². The maximum absolute atomic E-state index is 9.96. The molecule has 0 aliphatic heterocycles. The van der Waals surface area contributed by atoms with Crippen molar-refractivity contribution in [2.45, 2.75) is 54.1 Å². The van der Waals surface area contributed by atoms with E-state index in [-0.39, 0.29) is 5.41 Å². The summed E-state index contributed by atoms with van der Waals surface area (Å²) < 4.78 is 5.78. The van der Waals surface area contributed by atoms with E-state index < -0.39 is 6.10 Å². The van der Waals surface area contributed by atoms with Crippen molar-refractivity contribution in [1.29, 1.82) is 0 Å². The molecule has 0 saturated carbocycles. The lowest BCUT2D eigenvalue weighted by Gasteiger charge is -2.23. The number of aliphatic hydroxyl groups excluding tert-OH is 1.